The molecular formula is C17H19BrO2. The van der Waals surface area contributed by atoms with Crippen LogP contribution < -0.4 is 4.74 Å². The van der Waals surface area contributed by atoms with Gasteiger partial charge in [0.2, 0.25) is 0 Å². The third-order valence-corrected chi connectivity index (χ3v) is 3.87. The Morgan fingerprint density at radius 3 is 2.50 bits per heavy atom. The average molecular weight is 335 g/mol. The fourth-order valence-electron chi connectivity index (χ4n) is 2.37. The van der Waals surface area contributed by atoms with Crippen molar-refractivity contribution in [1.29, 1.82) is 0 Å². The Hall–Kier alpha value is -1.32. The molecule has 1 unspecified atom stereocenters. The fourth-order valence-corrected chi connectivity index (χ4v) is 2.77. The molecule has 2 rings (SSSR count). The topological polar surface area (TPSA) is 29.5 Å². The lowest BCUT2D eigenvalue weighted by Gasteiger charge is -2.16. The summed E-state index contributed by atoms with van der Waals surface area (Å²) in [5, 5.41) is 9.63. The summed E-state index contributed by atoms with van der Waals surface area (Å²) in [6.07, 6.45) is 1.67. The molecule has 2 aromatic rings. The predicted molar refractivity (Wildman–Crippen MR) is 85.1 cm³/mol. The van der Waals surface area contributed by atoms with Crippen molar-refractivity contribution in [1.82, 2.24) is 0 Å². The molecule has 0 radical (unpaired) electrons. The second-order valence-corrected chi connectivity index (χ2v) is 5.81. The maximum atomic E-state index is 9.63. The highest BCUT2D eigenvalue weighted by Crippen LogP contribution is 2.26. The van der Waals surface area contributed by atoms with Gasteiger partial charge in [0.25, 0.3) is 0 Å². The normalized spacial score (nSPS) is 12.2. The molecule has 0 heterocycles. The first-order valence-electron chi connectivity index (χ1n) is 6.70. The van der Waals surface area contributed by atoms with E-state index in [1.807, 2.05) is 30.3 Å². The zero-order valence-corrected chi connectivity index (χ0v) is 13.1. The average Bonchev–Trinajstić information content (AvgIpc) is 2.48. The number of aliphatic hydroxyl groups is 1. The first-order valence-corrected chi connectivity index (χ1v) is 7.49. The summed E-state index contributed by atoms with van der Waals surface area (Å²) >= 11 is 3.49. The minimum atomic E-state index is 0.171. The molecule has 0 aromatic heterocycles. The molecule has 1 atom stereocenters. The first-order chi connectivity index (χ1) is 9.72. The van der Waals surface area contributed by atoms with Crippen LogP contribution in [0.2, 0.25) is 0 Å². The number of aliphatic hydroxyl groups excluding tert-OH is 1. The molecule has 0 saturated heterocycles. The lowest BCUT2D eigenvalue weighted by atomic mass is 9.93. The number of methoxy groups -OCH3 is 1. The number of hydrogen-bond donors (Lipinski definition) is 1. The Morgan fingerprint density at radius 1 is 1.10 bits per heavy atom. The van der Waals surface area contributed by atoms with Crippen LogP contribution in [0.3, 0.4) is 0 Å². The lowest BCUT2D eigenvalue weighted by molar-refractivity contribution is 0.224. The van der Waals surface area contributed by atoms with Crippen LogP contribution in [0, 0.1) is 5.92 Å². The molecule has 0 spiro atoms. The molecule has 0 aliphatic carbocycles. The van der Waals surface area contributed by atoms with E-state index in [9.17, 15) is 5.11 Å². The van der Waals surface area contributed by atoms with Gasteiger partial charge >= 0.3 is 0 Å². The van der Waals surface area contributed by atoms with E-state index in [4.69, 9.17) is 4.74 Å². The van der Waals surface area contributed by atoms with E-state index in [1.165, 1.54) is 5.56 Å². The molecule has 1 N–H and O–H groups in total. The summed E-state index contributed by atoms with van der Waals surface area (Å²) in [7, 11) is 1.68. The molecule has 0 aliphatic rings. The smallest absolute Gasteiger partial charge is 0.122 e. The Kier molecular flexibility index (Phi) is 5.62. The van der Waals surface area contributed by atoms with Crippen molar-refractivity contribution in [3.8, 4) is 5.75 Å². The van der Waals surface area contributed by atoms with Crippen molar-refractivity contribution >= 4 is 15.9 Å². The van der Waals surface area contributed by atoms with Crippen LogP contribution in [0.25, 0.3) is 0 Å². The molecule has 0 amide bonds. The molecule has 0 aliphatic heterocycles. The maximum Gasteiger partial charge on any atom is 0.122 e. The highest BCUT2D eigenvalue weighted by Gasteiger charge is 2.13. The van der Waals surface area contributed by atoms with E-state index in [-0.39, 0.29) is 12.5 Å². The second-order valence-electron chi connectivity index (χ2n) is 4.90. The van der Waals surface area contributed by atoms with Crippen molar-refractivity contribution in [2.45, 2.75) is 12.8 Å². The van der Waals surface area contributed by atoms with E-state index in [2.05, 4.69) is 34.1 Å². The van der Waals surface area contributed by atoms with Crippen molar-refractivity contribution < 1.29 is 9.84 Å². The van der Waals surface area contributed by atoms with E-state index in [1.54, 1.807) is 7.11 Å². The standard InChI is InChI=1S/C17H19BrO2/c1-20-17-8-7-16(18)11-15(17)10-14(12-19)9-13-5-3-2-4-6-13/h2-8,11,14,19H,9-10,12H2,1H3. The molecule has 106 valence electrons. The van der Waals surface area contributed by atoms with Crippen LogP contribution in [0.5, 0.6) is 5.75 Å². The van der Waals surface area contributed by atoms with Crippen molar-refractivity contribution in [2.24, 2.45) is 5.92 Å². The van der Waals surface area contributed by atoms with Crippen LogP contribution in [-0.4, -0.2) is 18.8 Å². The highest BCUT2D eigenvalue weighted by atomic mass is 79.9. The van der Waals surface area contributed by atoms with Gasteiger partial charge in [0.05, 0.1) is 7.11 Å². The van der Waals surface area contributed by atoms with Crippen molar-refractivity contribution in [3.05, 3.63) is 64.1 Å². The SMILES string of the molecule is COc1ccc(Br)cc1CC(CO)Cc1ccccc1. The Bertz CT molecular complexity index is 540. The summed E-state index contributed by atoms with van der Waals surface area (Å²) in [6.45, 7) is 0.171. The summed E-state index contributed by atoms with van der Waals surface area (Å²) < 4.78 is 6.43. The van der Waals surface area contributed by atoms with Gasteiger partial charge in [-0.1, -0.05) is 46.3 Å². The molecule has 2 aromatic carbocycles. The minimum absolute atomic E-state index is 0.171. The molecule has 3 heteroatoms. The van der Waals surface area contributed by atoms with Crippen LogP contribution in [0.15, 0.2) is 53.0 Å². The number of hydrogen-bond acceptors (Lipinski definition) is 2. The van der Waals surface area contributed by atoms with E-state index >= 15 is 0 Å². The van der Waals surface area contributed by atoms with E-state index in [0.717, 1.165) is 28.6 Å². The zero-order valence-electron chi connectivity index (χ0n) is 11.6. The summed E-state index contributed by atoms with van der Waals surface area (Å²) in [5.74, 6) is 1.07. The molecule has 0 saturated carbocycles. The maximum absolute atomic E-state index is 9.63. The van der Waals surface area contributed by atoms with Gasteiger partial charge in [-0.25, -0.2) is 0 Å². The van der Waals surface area contributed by atoms with E-state index in [0.29, 0.717) is 0 Å². The predicted octanol–water partition coefficient (Wildman–Crippen LogP) is 3.85. The van der Waals surface area contributed by atoms with Gasteiger partial charge < -0.3 is 9.84 Å². The zero-order chi connectivity index (χ0) is 14.4. The fraction of sp³-hybridized carbons (Fsp3) is 0.294. The van der Waals surface area contributed by atoms with Gasteiger partial charge in [0.15, 0.2) is 0 Å². The van der Waals surface area contributed by atoms with Gasteiger partial charge in [-0.2, -0.15) is 0 Å². The van der Waals surface area contributed by atoms with Gasteiger partial charge in [-0.3, -0.25) is 0 Å². The van der Waals surface area contributed by atoms with Gasteiger partial charge in [-0.05, 0) is 48.1 Å². The quantitative estimate of drug-likeness (QED) is 0.869. The third-order valence-electron chi connectivity index (χ3n) is 3.38. The summed E-state index contributed by atoms with van der Waals surface area (Å²) in [5.41, 5.74) is 2.37. The highest BCUT2D eigenvalue weighted by molar-refractivity contribution is 9.10. The monoisotopic (exact) mass is 334 g/mol. The number of rotatable bonds is 6. The molecule has 0 fully saturated rings. The van der Waals surface area contributed by atoms with E-state index < -0.39 is 0 Å². The van der Waals surface area contributed by atoms with Crippen LogP contribution in [0.1, 0.15) is 11.1 Å². The Labute approximate surface area is 128 Å². The lowest BCUT2D eigenvalue weighted by Crippen LogP contribution is -2.13. The number of ether oxygens (including phenoxy) is 1. The van der Waals surface area contributed by atoms with Gasteiger partial charge in [0.1, 0.15) is 5.75 Å². The van der Waals surface area contributed by atoms with Crippen molar-refractivity contribution in [3.63, 3.8) is 0 Å². The van der Waals surface area contributed by atoms with Gasteiger partial charge in [-0.15, -0.1) is 0 Å². The molecular weight excluding hydrogens is 316 g/mol. The Balaban J connectivity index is 2.12. The minimum Gasteiger partial charge on any atom is -0.496 e. The van der Waals surface area contributed by atoms with Crippen LogP contribution in [0.4, 0.5) is 0 Å². The molecule has 20 heavy (non-hydrogen) atoms. The van der Waals surface area contributed by atoms with Gasteiger partial charge in [0, 0.05) is 11.1 Å². The molecule has 0 bridgehead atoms. The number of benzene rings is 2. The second kappa shape index (κ2) is 7.46. The molecule has 2 nitrogen and oxygen atoms in total. The Morgan fingerprint density at radius 2 is 1.85 bits per heavy atom. The largest absolute Gasteiger partial charge is 0.496 e. The van der Waals surface area contributed by atoms with Crippen molar-refractivity contribution in [2.75, 3.05) is 13.7 Å². The summed E-state index contributed by atoms with van der Waals surface area (Å²) in [4.78, 5) is 0. The van der Waals surface area contributed by atoms with Crippen LogP contribution >= 0.6 is 15.9 Å². The number of halogens is 1. The summed E-state index contributed by atoms with van der Waals surface area (Å²) in [6, 6.07) is 16.2. The third kappa shape index (κ3) is 4.09. The van der Waals surface area contributed by atoms with Crippen LogP contribution in [-0.2, 0) is 12.8 Å². The first kappa shape index (κ1) is 15.1.